The second kappa shape index (κ2) is 5.57. The zero-order valence-corrected chi connectivity index (χ0v) is 11.2. The molecule has 0 aromatic rings. The molecule has 0 spiro atoms. The molecule has 2 atom stereocenters. The van der Waals surface area contributed by atoms with Gasteiger partial charge in [-0.05, 0) is 38.6 Å². The number of hydrogen-bond donors (Lipinski definition) is 2. The lowest BCUT2D eigenvalue weighted by Crippen LogP contribution is -2.48. The van der Waals surface area contributed by atoms with Crippen molar-refractivity contribution < 1.29 is 4.79 Å². The van der Waals surface area contributed by atoms with Crippen molar-refractivity contribution in [1.29, 1.82) is 0 Å². The van der Waals surface area contributed by atoms with Gasteiger partial charge in [0, 0.05) is 25.2 Å². The average Bonchev–Trinajstić information content (AvgIpc) is 3.16. The third-order valence-corrected chi connectivity index (χ3v) is 4.51. The summed E-state index contributed by atoms with van der Waals surface area (Å²) in [5.41, 5.74) is 0. The highest BCUT2D eigenvalue weighted by Crippen LogP contribution is 2.29. The van der Waals surface area contributed by atoms with Crippen LogP contribution < -0.4 is 10.6 Å². The molecule has 0 radical (unpaired) electrons. The van der Waals surface area contributed by atoms with E-state index < -0.39 is 0 Å². The first-order chi connectivity index (χ1) is 8.83. The molecule has 1 aliphatic carbocycles. The number of rotatable bonds is 3. The number of likely N-dealkylation sites (tertiary alicyclic amines) is 1. The molecule has 3 fully saturated rings. The van der Waals surface area contributed by atoms with Gasteiger partial charge in [0.15, 0.2) is 0 Å². The summed E-state index contributed by atoms with van der Waals surface area (Å²) in [6.45, 7) is 3.24. The molecule has 0 aromatic heterocycles. The molecule has 102 valence electrons. The van der Waals surface area contributed by atoms with Gasteiger partial charge in [-0.15, -0.1) is 0 Å². The first-order valence-corrected chi connectivity index (χ1v) is 7.61. The van der Waals surface area contributed by atoms with Crippen LogP contribution in [0.2, 0.25) is 0 Å². The monoisotopic (exact) mass is 251 g/mol. The van der Waals surface area contributed by atoms with Crippen LogP contribution in [0.1, 0.15) is 44.9 Å². The van der Waals surface area contributed by atoms with Crippen LogP contribution in [-0.4, -0.2) is 48.6 Å². The molecule has 2 heterocycles. The summed E-state index contributed by atoms with van der Waals surface area (Å²) in [5, 5.41) is 6.62. The largest absolute Gasteiger partial charge is 0.351 e. The van der Waals surface area contributed by atoms with Gasteiger partial charge in [0.1, 0.15) is 0 Å². The zero-order valence-electron chi connectivity index (χ0n) is 11.2. The third kappa shape index (κ3) is 3.04. The summed E-state index contributed by atoms with van der Waals surface area (Å²) in [5.74, 6) is 0.236. The maximum atomic E-state index is 12.2. The standard InChI is InChI=1S/C14H25N3O/c18-14(13-4-2-1-3-8-15-13)16-11-7-9-17(10-11)12-5-6-12/h11-13,15H,1-10H2,(H,16,18). The molecule has 2 unspecified atom stereocenters. The van der Waals surface area contributed by atoms with E-state index in [4.69, 9.17) is 0 Å². The number of carbonyl (C=O) groups excluding carboxylic acids is 1. The average molecular weight is 251 g/mol. The van der Waals surface area contributed by atoms with Gasteiger partial charge in [-0.1, -0.05) is 12.8 Å². The molecular formula is C14H25N3O. The van der Waals surface area contributed by atoms with E-state index >= 15 is 0 Å². The highest BCUT2D eigenvalue weighted by atomic mass is 16.2. The molecule has 2 aliphatic heterocycles. The van der Waals surface area contributed by atoms with Gasteiger partial charge in [0.25, 0.3) is 0 Å². The lowest BCUT2D eigenvalue weighted by molar-refractivity contribution is -0.123. The quantitative estimate of drug-likeness (QED) is 0.782. The molecule has 2 N–H and O–H groups in total. The van der Waals surface area contributed by atoms with Crippen molar-refractivity contribution >= 4 is 5.91 Å². The summed E-state index contributed by atoms with van der Waals surface area (Å²) in [6, 6.07) is 1.29. The number of amides is 1. The molecule has 4 nitrogen and oxygen atoms in total. The zero-order chi connectivity index (χ0) is 12.4. The van der Waals surface area contributed by atoms with E-state index in [-0.39, 0.29) is 11.9 Å². The van der Waals surface area contributed by atoms with E-state index in [9.17, 15) is 4.79 Å². The number of hydrogen-bond acceptors (Lipinski definition) is 3. The number of nitrogens with one attached hydrogen (secondary N) is 2. The highest BCUT2D eigenvalue weighted by molar-refractivity contribution is 5.82. The Morgan fingerprint density at radius 2 is 2.00 bits per heavy atom. The second-order valence-corrected chi connectivity index (χ2v) is 6.08. The van der Waals surface area contributed by atoms with Crippen LogP contribution in [0.3, 0.4) is 0 Å². The van der Waals surface area contributed by atoms with Crippen LogP contribution in [0.25, 0.3) is 0 Å². The molecule has 3 aliphatic rings. The van der Waals surface area contributed by atoms with E-state index in [0.29, 0.717) is 6.04 Å². The van der Waals surface area contributed by atoms with Crippen molar-refractivity contribution in [2.45, 2.75) is 63.1 Å². The summed E-state index contributed by atoms with van der Waals surface area (Å²) in [4.78, 5) is 14.8. The molecule has 1 saturated carbocycles. The predicted molar refractivity (Wildman–Crippen MR) is 71.4 cm³/mol. The SMILES string of the molecule is O=C(NC1CCN(C2CC2)C1)C1CCCCCN1. The molecule has 4 heteroatoms. The minimum atomic E-state index is 0.0578. The smallest absolute Gasteiger partial charge is 0.237 e. The van der Waals surface area contributed by atoms with Gasteiger partial charge >= 0.3 is 0 Å². The van der Waals surface area contributed by atoms with Crippen molar-refractivity contribution in [3.8, 4) is 0 Å². The molecule has 0 aromatic carbocycles. The van der Waals surface area contributed by atoms with Gasteiger partial charge in [0.2, 0.25) is 5.91 Å². The van der Waals surface area contributed by atoms with Crippen LogP contribution >= 0.6 is 0 Å². The van der Waals surface area contributed by atoms with Crippen LogP contribution in [0.5, 0.6) is 0 Å². The number of carbonyl (C=O) groups is 1. The van der Waals surface area contributed by atoms with E-state index in [2.05, 4.69) is 15.5 Å². The minimum Gasteiger partial charge on any atom is -0.351 e. The maximum absolute atomic E-state index is 12.2. The van der Waals surface area contributed by atoms with E-state index in [1.807, 2.05) is 0 Å². The fourth-order valence-corrected chi connectivity index (χ4v) is 3.23. The molecule has 1 amide bonds. The van der Waals surface area contributed by atoms with Crippen LogP contribution in [0.4, 0.5) is 0 Å². The summed E-state index contributed by atoms with van der Waals surface area (Å²) in [7, 11) is 0. The maximum Gasteiger partial charge on any atom is 0.237 e. The van der Waals surface area contributed by atoms with Gasteiger partial charge in [-0.2, -0.15) is 0 Å². The van der Waals surface area contributed by atoms with Gasteiger partial charge in [-0.3, -0.25) is 9.69 Å². The topological polar surface area (TPSA) is 44.4 Å². The Hall–Kier alpha value is -0.610. The Bertz CT molecular complexity index is 295. The molecule has 18 heavy (non-hydrogen) atoms. The van der Waals surface area contributed by atoms with Crippen LogP contribution in [-0.2, 0) is 4.79 Å². The van der Waals surface area contributed by atoms with Gasteiger partial charge < -0.3 is 10.6 Å². The van der Waals surface area contributed by atoms with Crippen molar-refractivity contribution in [3.63, 3.8) is 0 Å². The second-order valence-electron chi connectivity index (χ2n) is 6.08. The summed E-state index contributed by atoms with van der Waals surface area (Å²) in [6.07, 6.45) is 8.53. The first-order valence-electron chi connectivity index (χ1n) is 7.61. The Morgan fingerprint density at radius 3 is 2.83 bits per heavy atom. The highest BCUT2D eigenvalue weighted by Gasteiger charge is 2.35. The predicted octanol–water partition coefficient (Wildman–Crippen LogP) is 0.871. The van der Waals surface area contributed by atoms with E-state index in [1.165, 1.54) is 38.6 Å². The van der Waals surface area contributed by atoms with Crippen LogP contribution in [0, 0.1) is 0 Å². The Kier molecular flexibility index (Phi) is 3.85. The van der Waals surface area contributed by atoms with Crippen molar-refractivity contribution in [3.05, 3.63) is 0 Å². The fourth-order valence-electron chi connectivity index (χ4n) is 3.23. The Morgan fingerprint density at radius 1 is 1.11 bits per heavy atom. The van der Waals surface area contributed by atoms with E-state index in [0.717, 1.165) is 32.0 Å². The van der Waals surface area contributed by atoms with E-state index in [1.54, 1.807) is 0 Å². The van der Waals surface area contributed by atoms with Crippen molar-refractivity contribution in [2.24, 2.45) is 0 Å². The summed E-state index contributed by atoms with van der Waals surface area (Å²) >= 11 is 0. The first kappa shape index (κ1) is 12.4. The fraction of sp³-hybridized carbons (Fsp3) is 0.929. The number of nitrogens with zero attached hydrogens (tertiary/aromatic N) is 1. The van der Waals surface area contributed by atoms with Crippen molar-refractivity contribution in [2.75, 3.05) is 19.6 Å². The Labute approximate surface area is 109 Å². The van der Waals surface area contributed by atoms with Gasteiger partial charge in [0.05, 0.1) is 6.04 Å². The minimum absolute atomic E-state index is 0.0578. The molecule has 0 bridgehead atoms. The van der Waals surface area contributed by atoms with Crippen molar-refractivity contribution in [1.82, 2.24) is 15.5 Å². The normalized spacial score (nSPS) is 34.2. The molecule has 3 rings (SSSR count). The third-order valence-electron chi connectivity index (χ3n) is 4.51. The lowest BCUT2D eigenvalue weighted by atomic mass is 10.1. The summed E-state index contributed by atoms with van der Waals surface area (Å²) < 4.78 is 0. The molecular weight excluding hydrogens is 226 g/mol. The Balaban J connectivity index is 1.45. The van der Waals surface area contributed by atoms with Crippen LogP contribution in [0.15, 0.2) is 0 Å². The lowest BCUT2D eigenvalue weighted by Gasteiger charge is -2.20. The molecule has 2 saturated heterocycles. The van der Waals surface area contributed by atoms with Gasteiger partial charge in [-0.25, -0.2) is 0 Å².